The van der Waals surface area contributed by atoms with Crippen molar-refractivity contribution in [2.24, 2.45) is 11.8 Å². The van der Waals surface area contributed by atoms with Crippen molar-refractivity contribution in [1.82, 2.24) is 0 Å². The second-order valence-electron chi connectivity index (χ2n) is 28.3. The first kappa shape index (κ1) is 93.1. The third-order valence-corrected chi connectivity index (χ3v) is 19.6. The first-order valence-corrected chi connectivity index (χ1v) is 42.5. The molecular formula is C76H148O17P2. The molecule has 2 unspecified atom stereocenters. The van der Waals surface area contributed by atoms with Gasteiger partial charge in [0.1, 0.15) is 19.3 Å². The molecule has 0 aromatic rings. The highest BCUT2D eigenvalue weighted by molar-refractivity contribution is 7.47. The van der Waals surface area contributed by atoms with E-state index in [2.05, 4.69) is 41.5 Å². The standard InChI is InChI=1S/C76H148O17P2/c1-7-9-11-13-15-16-17-18-19-22-26-29-32-35-41-47-53-59-74(79)87-65-72(92-75(80)60-54-48-42-36-33-30-27-24-21-20-23-25-28-31-34-39-44-50-56-68(3)4)67-91-95(84,85)89-63-70(77)62-88-94(82,83)90-66-71(64-86-73(78)58-52-46-38-14-12-10-8-2)93-76(81)61-55-49-43-37-40-45-51-57-69(5)6/h68-72,77H,7-67H2,1-6H3,(H,82,83)(H,84,85)/t70-,71+,72+/m0/s1. The fourth-order valence-electron chi connectivity index (χ4n) is 11.7. The van der Waals surface area contributed by atoms with Gasteiger partial charge >= 0.3 is 39.5 Å². The maximum Gasteiger partial charge on any atom is 0.472 e. The van der Waals surface area contributed by atoms with Gasteiger partial charge in [0.2, 0.25) is 0 Å². The predicted octanol–water partition coefficient (Wildman–Crippen LogP) is 22.3. The van der Waals surface area contributed by atoms with Gasteiger partial charge in [-0.15, -0.1) is 0 Å². The maximum absolute atomic E-state index is 13.1. The lowest BCUT2D eigenvalue weighted by Gasteiger charge is -2.21. The Balaban J connectivity index is 5.15. The molecule has 0 amide bonds. The summed E-state index contributed by atoms with van der Waals surface area (Å²) in [4.78, 5) is 72.6. The van der Waals surface area contributed by atoms with Gasteiger partial charge < -0.3 is 33.8 Å². The molecule has 0 heterocycles. The molecule has 0 bridgehead atoms. The lowest BCUT2D eigenvalue weighted by Crippen LogP contribution is -2.30. The molecule has 95 heavy (non-hydrogen) atoms. The fourth-order valence-corrected chi connectivity index (χ4v) is 13.2. The lowest BCUT2D eigenvalue weighted by atomic mass is 10.0. The number of phosphoric acid groups is 2. The summed E-state index contributed by atoms with van der Waals surface area (Å²) < 4.78 is 68.3. The van der Waals surface area contributed by atoms with Crippen molar-refractivity contribution < 1.29 is 80.2 Å². The van der Waals surface area contributed by atoms with E-state index in [9.17, 15) is 43.2 Å². The minimum absolute atomic E-state index is 0.103. The van der Waals surface area contributed by atoms with Crippen LogP contribution in [0.1, 0.15) is 395 Å². The molecule has 0 fully saturated rings. The SMILES string of the molecule is CCCCCCCCCCCCCCCCCCCC(=O)OC[C@H](COP(=O)(O)OC[C@@H](O)COP(=O)(O)OC[C@@H](COC(=O)CCCCCCCCC)OC(=O)CCCCCCCCCC(C)C)OC(=O)CCCCCCCCCCCCCCCCCCCCC(C)C. The number of phosphoric ester groups is 2. The van der Waals surface area contributed by atoms with Crippen molar-refractivity contribution in [3.05, 3.63) is 0 Å². The normalized spacial score (nSPS) is 14.0. The molecule has 0 radical (unpaired) electrons. The summed E-state index contributed by atoms with van der Waals surface area (Å²) in [6.07, 6.45) is 55.9. The van der Waals surface area contributed by atoms with E-state index in [4.69, 9.17) is 37.0 Å². The summed E-state index contributed by atoms with van der Waals surface area (Å²) >= 11 is 0. The number of esters is 4. The number of carbonyl (C=O) groups is 4. The van der Waals surface area contributed by atoms with E-state index in [1.807, 2.05) is 0 Å². The van der Waals surface area contributed by atoms with Crippen LogP contribution in [0.15, 0.2) is 0 Å². The molecule has 0 aliphatic heterocycles. The minimum Gasteiger partial charge on any atom is -0.462 e. The van der Waals surface area contributed by atoms with E-state index in [0.29, 0.717) is 31.6 Å². The molecule has 17 nitrogen and oxygen atoms in total. The molecular weight excluding hydrogens is 1250 g/mol. The van der Waals surface area contributed by atoms with E-state index in [1.54, 1.807) is 0 Å². The molecule has 0 aromatic carbocycles. The Kier molecular flexibility index (Phi) is 66.5. The molecule has 3 N–H and O–H groups in total. The van der Waals surface area contributed by atoms with E-state index >= 15 is 0 Å². The van der Waals surface area contributed by atoms with Gasteiger partial charge in [0.05, 0.1) is 26.4 Å². The highest BCUT2D eigenvalue weighted by atomic mass is 31.2. The summed E-state index contributed by atoms with van der Waals surface area (Å²) in [5.74, 6) is -0.607. The highest BCUT2D eigenvalue weighted by Crippen LogP contribution is 2.45. The van der Waals surface area contributed by atoms with Crippen molar-refractivity contribution in [3.63, 3.8) is 0 Å². The van der Waals surface area contributed by atoms with Gasteiger partial charge in [0.15, 0.2) is 12.2 Å². The molecule has 0 aliphatic carbocycles. The van der Waals surface area contributed by atoms with Crippen molar-refractivity contribution >= 4 is 39.5 Å². The van der Waals surface area contributed by atoms with Crippen LogP contribution in [0.25, 0.3) is 0 Å². The Bertz CT molecular complexity index is 1840. The van der Waals surface area contributed by atoms with Crippen LogP contribution in [0.4, 0.5) is 0 Å². The number of unbranched alkanes of at least 4 members (excludes halogenated alkanes) is 45. The zero-order valence-corrected chi connectivity index (χ0v) is 63.8. The number of hydrogen-bond acceptors (Lipinski definition) is 15. The quantitative estimate of drug-likeness (QED) is 0.0222. The van der Waals surface area contributed by atoms with Gasteiger partial charge in [-0.25, -0.2) is 9.13 Å². The molecule has 0 rings (SSSR count). The van der Waals surface area contributed by atoms with E-state index in [1.165, 1.54) is 199 Å². The summed E-state index contributed by atoms with van der Waals surface area (Å²) in [7, 11) is -9.90. The van der Waals surface area contributed by atoms with Crippen LogP contribution in [0, 0.1) is 11.8 Å². The molecule has 0 saturated heterocycles. The van der Waals surface area contributed by atoms with Gasteiger partial charge in [0, 0.05) is 25.7 Å². The largest absolute Gasteiger partial charge is 0.472 e. The second kappa shape index (κ2) is 67.9. The summed E-state index contributed by atoms with van der Waals surface area (Å²) in [5, 5.41) is 10.6. The van der Waals surface area contributed by atoms with Crippen LogP contribution < -0.4 is 0 Å². The average Bonchev–Trinajstić information content (AvgIpc) is 1.56. The Morgan fingerprint density at radius 1 is 0.284 bits per heavy atom. The highest BCUT2D eigenvalue weighted by Gasteiger charge is 2.30. The Hall–Kier alpha value is -1.94. The zero-order valence-electron chi connectivity index (χ0n) is 62.0. The van der Waals surface area contributed by atoms with Crippen LogP contribution in [0.3, 0.4) is 0 Å². The Morgan fingerprint density at radius 3 is 0.716 bits per heavy atom. The number of rotatable bonds is 75. The Morgan fingerprint density at radius 2 is 0.484 bits per heavy atom. The molecule has 0 spiro atoms. The Labute approximate surface area is 581 Å². The van der Waals surface area contributed by atoms with Crippen molar-refractivity contribution in [2.45, 2.75) is 413 Å². The van der Waals surface area contributed by atoms with Crippen LogP contribution in [0.2, 0.25) is 0 Å². The number of aliphatic hydroxyl groups is 1. The average molecular weight is 1400 g/mol. The summed E-state index contributed by atoms with van der Waals surface area (Å²) in [6, 6.07) is 0. The predicted molar refractivity (Wildman–Crippen MR) is 386 cm³/mol. The first-order valence-electron chi connectivity index (χ1n) is 39.5. The van der Waals surface area contributed by atoms with Crippen LogP contribution in [-0.4, -0.2) is 96.7 Å². The topological polar surface area (TPSA) is 237 Å². The smallest absolute Gasteiger partial charge is 0.462 e. The molecule has 0 aromatic heterocycles. The van der Waals surface area contributed by atoms with Gasteiger partial charge in [-0.2, -0.15) is 0 Å². The number of carbonyl (C=O) groups excluding carboxylic acids is 4. The molecule has 564 valence electrons. The van der Waals surface area contributed by atoms with Gasteiger partial charge in [-0.3, -0.25) is 37.3 Å². The number of hydrogen-bond donors (Lipinski definition) is 3. The van der Waals surface area contributed by atoms with Gasteiger partial charge in [-0.1, -0.05) is 343 Å². The van der Waals surface area contributed by atoms with Crippen molar-refractivity contribution in [3.8, 4) is 0 Å². The van der Waals surface area contributed by atoms with Gasteiger partial charge in [0.25, 0.3) is 0 Å². The van der Waals surface area contributed by atoms with Crippen LogP contribution in [0.5, 0.6) is 0 Å². The van der Waals surface area contributed by atoms with Crippen LogP contribution >= 0.6 is 15.6 Å². The van der Waals surface area contributed by atoms with Crippen LogP contribution in [-0.2, 0) is 65.4 Å². The zero-order chi connectivity index (χ0) is 70.0. The van der Waals surface area contributed by atoms with Crippen molar-refractivity contribution in [2.75, 3.05) is 39.6 Å². The maximum atomic E-state index is 13.1. The molecule has 0 aliphatic rings. The van der Waals surface area contributed by atoms with Gasteiger partial charge in [-0.05, 0) is 37.5 Å². The third-order valence-electron chi connectivity index (χ3n) is 17.7. The summed E-state index contributed by atoms with van der Waals surface area (Å²) in [5.41, 5.74) is 0. The minimum atomic E-state index is -4.96. The first-order chi connectivity index (χ1) is 45.9. The van der Waals surface area contributed by atoms with E-state index in [0.717, 1.165) is 109 Å². The number of aliphatic hydroxyl groups excluding tert-OH is 1. The molecule has 0 saturated carbocycles. The van der Waals surface area contributed by atoms with E-state index in [-0.39, 0.29) is 25.7 Å². The monoisotopic (exact) mass is 1400 g/mol. The molecule has 5 atom stereocenters. The van der Waals surface area contributed by atoms with Crippen molar-refractivity contribution in [1.29, 1.82) is 0 Å². The lowest BCUT2D eigenvalue weighted by molar-refractivity contribution is -0.161. The summed E-state index contributed by atoms with van der Waals surface area (Å²) in [6.45, 7) is 9.52. The van der Waals surface area contributed by atoms with E-state index < -0.39 is 97.5 Å². The molecule has 19 heteroatoms. The second-order valence-corrected chi connectivity index (χ2v) is 31.3. The number of ether oxygens (including phenoxy) is 4. The fraction of sp³-hybridized carbons (Fsp3) is 0.947. The third kappa shape index (κ3) is 70.3.